The van der Waals surface area contributed by atoms with Crippen molar-refractivity contribution in [3.63, 3.8) is 0 Å². The Hall–Kier alpha value is -2.35. The first kappa shape index (κ1) is 19.4. The molecule has 1 aliphatic rings. The third-order valence-electron chi connectivity index (χ3n) is 5.30. The molecular weight excluding hydrogens is 344 g/mol. The Bertz CT molecular complexity index is 710. The highest BCUT2D eigenvalue weighted by Crippen LogP contribution is 2.31. The average Bonchev–Trinajstić information content (AvgIpc) is 3.20. The second-order valence-corrected chi connectivity index (χ2v) is 7.79. The van der Waals surface area contributed by atoms with Crippen molar-refractivity contribution in [1.82, 2.24) is 30.9 Å². The van der Waals surface area contributed by atoms with E-state index in [4.69, 9.17) is 0 Å². The zero-order chi connectivity index (χ0) is 19.2. The van der Waals surface area contributed by atoms with Gasteiger partial charge in [-0.2, -0.15) is 0 Å². The van der Waals surface area contributed by atoms with Crippen molar-refractivity contribution < 1.29 is 9.90 Å². The number of pyridine rings is 1. The first-order chi connectivity index (χ1) is 13.0. The molecule has 0 bridgehead atoms. The van der Waals surface area contributed by atoms with Gasteiger partial charge in [0.25, 0.3) is 0 Å². The van der Waals surface area contributed by atoms with Crippen molar-refractivity contribution in [2.75, 3.05) is 13.1 Å². The number of tetrazole rings is 1. The third kappa shape index (κ3) is 5.09. The number of aliphatic carboxylic acids is 1. The number of nitrogens with one attached hydrogen (secondary N) is 2. The fraction of sp³-hybridized carbons (Fsp3) is 0.632. The average molecular weight is 372 g/mol. The Labute approximate surface area is 159 Å². The van der Waals surface area contributed by atoms with E-state index in [0.29, 0.717) is 24.6 Å². The Morgan fingerprint density at radius 2 is 2.07 bits per heavy atom. The van der Waals surface area contributed by atoms with Gasteiger partial charge in [0.2, 0.25) is 0 Å². The van der Waals surface area contributed by atoms with Crippen molar-refractivity contribution in [3.8, 4) is 0 Å². The number of aromatic amines is 1. The summed E-state index contributed by atoms with van der Waals surface area (Å²) in [5.41, 5.74) is 2.12. The number of rotatable bonds is 8. The van der Waals surface area contributed by atoms with Gasteiger partial charge < -0.3 is 10.4 Å². The van der Waals surface area contributed by atoms with Gasteiger partial charge in [-0.05, 0) is 66.7 Å². The fourth-order valence-electron chi connectivity index (χ4n) is 3.87. The summed E-state index contributed by atoms with van der Waals surface area (Å²) in [6.07, 6.45) is 5.20. The number of carbonyl (C=O) groups is 1. The molecule has 27 heavy (non-hydrogen) atoms. The van der Waals surface area contributed by atoms with Crippen LogP contribution in [0.3, 0.4) is 0 Å². The Morgan fingerprint density at radius 1 is 1.30 bits per heavy atom. The van der Waals surface area contributed by atoms with E-state index in [0.717, 1.165) is 37.2 Å². The maximum absolute atomic E-state index is 11.9. The lowest BCUT2D eigenvalue weighted by Crippen LogP contribution is -2.27. The molecule has 0 unspecified atom stereocenters. The largest absolute Gasteiger partial charge is 0.481 e. The Kier molecular flexibility index (Phi) is 6.49. The van der Waals surface area contributed by atoms with E-state index < -0.39 is 11.9 Å². The van der Waals surface area contributed by atoms with E-state index in [9.17, 15) is 9.90 Å². The van der Waals surface area contributed by atoms with Gasteiger partial charge in [-0.25, -0.2) is 5.10 Å². The van der Waals surface area contributed by atoms with E-state index in [2.05, 4.69) is 43.1 Å². The van der Waals surface area contributed by atoms with E-state index >= 15 is 0 Å². The standard InChI is InChI=1S/C19H28N6O2/c1-12(2)9-16(19(26)27)15(18-22-24-25-23-18)10-13-3-4-17(21-11-13)14-5-7-20-8-6-14/h3-4,11-12,14-16,20H,5-10H2,1-2H3,(H,26,27)(H,22,23,24,25)/t15-,16-/m0/s1. The topological polar surface area (TPSA) is 117 Å². The van der Waals surface area contributed by atoms with Gasteiger partial charge in [-0.1, -0.05) is 19.9 Å². The maximum Gasteiger partial charge on any atom is 0.307 e. The fourth-order valence-corrected chi connectivity index (χ4v) is 3.87. The SMILES string of the molecule is CC(C)C[C@H](C(=O)O)[C@H](Cc1ccc(C2CCNCC2)nc1)c1nnn[nH]1. The predicted octanol–water partition coefficient (Wildman–Crippen LogP) is 2.13. The summed E-state index contributed by atoms with van der Waals surface area (Å²) in [5.74, 6) is -0.391. The first-order valence-corrected chi connectivity index (χ1v) is 9.66. The summed E-state index contributed by atoms with van der Waals surface area (Å²) >= 11 is 0. The van der Waals surface area contributed by atoms with E-state index in [1.165, 1.54) is 0 Å². The van der Waals surface area contributed by atoms with Crippen LogP contribution in [0.4, 0.5) is 0 Å². The van der Waals surface area contributed by atoms with Crippen LogP contribution < -0.4 is 5.32 Å². The van der Waals surface area contributed by atoms with Crippen LogP contribution in [-0.2, 0) is 11.2 Å². The summed E-state index contributed by atoms with van der Waals surface area (Å²) in [7, 11) is 0. The number of piperidine rings is 1. The number of H-pyrrole nitrogens is 1. The van der Waals surface area contributed by atoms with Crippen molar-refractivity contribution >= 4 is 5.97 Å². The Morgan fingerprint density at radius 3 is 2.63 bits per heavy atom. The minimum absolute atomic E-state index is 0.268. The number of carboxylic acid groups (broad SMARTS) is 1. The van der Waals surface area contributed by atoms with Gasteiger partial charge in [0, 0.05) is 23.7 Å². The second kappa shape index (κ2) is 9.03. The molecule has 2 aromatic heterocycles. The van der Waals surface area contributed by atoms with Crippen LogP contribution in [-0.4, -0.2) is 49.8 Å². The molecule has 0 radical (unpaired) electrons. The highest BCUT2D eigenvalue weighted by molar-refractivity contribution is 5.71. The molecule has 0 aromatic carbocycles. The molecule has 3 heterocycles. The minimum Gasteiger partial charge on any atom is -0.481 e. The van der Waals surface area contributed by atoms with E-state index in [-0.39, 0.29) is 11.8 Å². The van der Waals surface area contributed by atoms with Gasteiger partial charge in [-0.3, -0.25) is 9.78 Å². The molecular formula is C19H28N6O2. The van der Waals surface area contributed by atoms with Gasteiger partial charge in [-0.15, -0.1) is 5.10 Å². The van der Waals surface area contributed by atoms with Crippen LogP contribution in [0, 0.1) is 11.8 Å². The van der Waals surface area contributed by atoms with Crippen LogP contribution in [0.25, 0.3) is 0 Å². The molecule has 0 spiro atoms. The van der Waals surface area contributed by atoms with Gasteiger partial charge in [0.05, 0.1) is 5.92 Å². The molecule has 8 heteroatoms. The molecule has 3 rings (SSSR count). The highest BCUT2D eigenvalue weighted by atomic mass is 16.4. The second-order valence-electron chi connectivity index (χ2n) is 7.79. The van der Waals surface area contributed by atoms with Crippen LogP contribution in [0.1, 0.15) is 62.0 Å². The van der Waals surface area contributed by atoms with Crippen molar-refractivity contribution in [1.29, 1.82) is 0 Å². The zero-order valence-electron chi connectivity index (χ0n) is 15.9. The lowest BCUT2D eigenvalue weighted by Gasteiger charge is -2.24. The first-order valence-electron chi connectivity index (χ1n) is 9.66. The van der Waals surface area contributed by atoms with Crippen molar-refractivity contribution in [2.24, 2.45) is 11.8 Å². The third-order valence-corrected chi connectivity index (χ3v) is 5.30. The predicted molar refractivity (Wildman–Crippen MR) is 100 cm³/mol. The quantitative estimate of drug-likeness (QED) is 0.650. The Balaban J connectivity index is 1.78. The molecule has 146 valence electrons. The lowest BCUT2D eigenvalue weighted by molar-refractivity contribution is -0.143. The molecule has 2 aromatic rings. The summed E-state index contributed by atoms with van der Waals surface area (Å²) in [4.78, 5) is 16.6. The van der Waals surface area contributed by atoms with Gasteiger partial charge in [0.15, 0.2) is 5.82 Å². The van der Waals surface area contributed by atoms with Crippen LogP contribution in [0.15, 0.2) is 18.3 Å². The summed E-state index contributed by atoms with van der Waals surface area (Å²) < 4.78 is 0. The summed E-state index contributed by atoms with van der Waals surface area (Å²) in [6, 6.07) is 4.15. The van der Waals surface area contributed by atoms with Crippen LogP contribution >= 0.6 is 0 Å². The molecule has 2 atom stereocenters. The lowest BCUT2D eigenvalue weighted by atomic mass is 9.81. The molecule has 8 nitrogen and oxygen atoms in total. The summed E-state index contributed by atoms with van der Waals surface area (Å²) in [5, 5.41) is 27.2. The van der Waals surface area contributed by atoms with Crippen LogP contribution in [0.2, 0.25) is 0 Å². The van der Waals surface area contributed by atoms with Gasteiger partial charge in [0.1, 0.15) is 0 Å². The van der Waals surface area contributed by atoms with Crippen molar-refractivity contribution in [3.05, 3.63) is 35.4 Å². The summed E-state index contributed by atoms with van der Waals surface area (Å²) in [6.45, 7) is 6.12. The molecule has 0 aliphatic carbocycles. The number of nitrogens with zero attached hydrogens (tertiary/aromatic N) is 4. The highest BCUT2D eigenvalue weighted by Gasteiger charge is 2.32. The smallest absolute Gasteiger partial charge is 0.307 e. The van der Waals surface area contributed by atoms with E-state index in [1.54, 1.807) is 0 Å². The number of aromatic nitrogens is 5. The van der Waals surface area contributed by atoms with Gasteiger partial charge >= 0.3 is 5.97 Å². The molecule has 1 fully saturated rings. The number of carboxylic acids is 1. The zero-order valence-corrected chi connectivity index (χ0v) is 15.9. The maximum atomic E-state index is 11.9. The van der Waals surface area contributed by atoms with Crippen LogP contribution in [0.5, 0.6) is 0 Å². The number of hydrogen-bond donors (Lipinski definition) is 3. The number of hydrogen-bond acceptors (Lipinski definition) is 6. The molecule has 3 N–H and O–H groups in total. The van der Waals surface area contributed by atoms with E-state index in [1.807, 2.05) is 20.0 Å². The monoisotopic (exact) mass is 372 g/mol. The molecule has 0 amide bonds. The molecule has 1 aliphatic heterocycles. The normalized spacial score (nSPS) is 17.7. The molecule has 0 saturated carbocycles. The molecule has 1 saturated heterocycles. The van der Waals surface area contributed by atoms with Crippen molar-refractivity contribution in [2.45, 2.75) is 51.4 Å². The minimum atomic E-state index is -0.815.